The van der Waals surface area contributed by atoms with Gasteiger partial charge < -0.3 is 20.4 Å². The fourth-order valence-corrected chi connectivity index (χ4v) is 2.63. The lowest BCUT2D eigenvalue weighted by Crippen LogP contribution is -2.42. The second-order valence-corrected chi connectivity index (χ2v) is 5.31. The van der Waals surface area contributed by atoms with Gasteiger partial charge in [-0.25, -0.2) is 0 Å². The third kappa shape index (κ3) is 4.11. The highest BCUT2D eigenvalue weighted by Crippen LogP contribution is 2.22. The Labute approximate surface area is 115 Å². The summed E-state index contributed by atoms with van der Waals surface area (Å²) in [5.74, 6) is 0.269. The average molecular weight is 264 g/mol. The van der Waals surface area contributed by atoms with Crippen molar-refractivity contribution in [3.8, 4) is 11.5 Å². The van der Waals surface area contributed by atoms with Gasteiger partial charge in [0.05, 0.1) is 0 Å². The quantitative estimate of drug-likeness (QED) is 0.762. The average Bonchev–Trinajstić information content (AvgIpc) is 2.40. The normalized spacial score (nSPS) is 17.7. The highest BCUT2D eigenvalue weighted by Gasteiger charge is 2.18. The maximum absolute atomic E-state index is 9.72. The summed E-state index contributed by atoms with van der Waals surface area (Å²) in [6.07, 6.45) is 3.55. The second-order valence-electron chi connectivity index (χ2n) is 5.31. The molecule has 1 aliphatic heterocycles. The van der Waals surface area contributed by atoms with E-state index in [0.717, 1.165) is 18.7 Å². The summed E-state index contributed by atoms with van der Waals surface area (Å²) in [7, 11) is 0. The monoisotopic (exact) mass is 264 g/mol. The molecule has 0 atom stereocenters. The van der Waals surface area contributed by atoms with E-state index in [1.54, 1.807) is 12.1 Å². The molecule has 4 nitrogen and oxygen atoms in total. The standard InChI is InChI=1S/C15H24N2O2/c1-2-7-17-8-5-13(6-9-17)16-11-12-3-4-14(18)10-15(12)19/h3-4,10,13,16,18-19H,2,5-9,11H2,1H3. The Balaban J connectivity index is 1.77. The van der Waals surface area contributed by atoms with Crippen LogP contribution in [0.15, 0.2) is 18.2 Å². The lowest BCUT2D eigenvalue weighted by molar-refractivity contribution is 0.197. The molecular formula is C15H24N2O2. The zero-order chi connectivity index (χ0) is 13.7. The zero-order valence-electron chi connectivity index (χ0n) is 11.6. The van der Waals surface area contributed by atoms with E-state index in [1.807, 2.05) is 0 Å². The van der Waals surface area contributed by atoms with Crippen LogP contribution in [0.25, 0.3) is 0 Å². The first kappa shape index (κ1) is 14.2. The van der Waals surface area contributed by atoms with E-state index in [0.29, 0.717) is 12.6 Å². The predicted molar refractivity (Wildman–Crippen MR) is 76.4 cm³/mol. The van der Waals surface area contributed by atoms with Gasteiger partial charge in [0.1, 0.15) is 11.5 Å². The molecule has 2 rings (SSSR count). The molecule has 1 heterocycles. The van der Waals surface area contributed by atoms with Gasteiger partial charge in [0.2, 0.25) is 0 Å². The van der Waals surface area contributed by atoms with Gasteiger partial charge in [0.25, 0.3) is 0 Å². The minimum Gasteiger partial charge on any atom is -0.508 e. The number of nitrogens with zero attached hydrogens (tertiary/aromatic N) is 1. The van der Waals surface area contributed by atoms with Crippen LogP contribution in [-0.4, -0.2) is 40.8 Å². The van der Waals surface area contributed by atoms with Crippen molar-refractivity contribution in [2.45, 2.75) is 38.8 Å². The summed E-state index contributed by atoms with van der Waals surface area (Å²) in [5.41, 5.74) is 0.841. The van der Waals surface area contributed by atoms with Crippen LogP contribution in [0.2, 0.25) is 0 Å². The molecule has 1 saturated heterocycles. The Bertz CT molecular complexity index is 401. The van der Waals surface area contributed by atoms with E-state index in [9.17, 15) is 10.2 Å². The molecule has 0 spiro atoms. The van der Waals surface area contributed by atoms with Crippen molar-refractivity contribution in [1.29, 1.82) is 0 Å². The number of phenols is 2. The Morgan fingerprint density at radius 2 is 2.00 bits per heavy atom. The molecule has 1 aliphatic rings. The Hall–Kier alpha value is -1.26. The molecule has 0 aliphatic carbocycles. The Morgan fingerprint density at radius 3 is 2.63 bits per heavy atom. The number of rotatable bonds is 5. The van der Waals surface area contributed by atoms with Crippen molar-refractivity contribution in [3.63, 3.8) is 0 Å². The minimum absolute atomic E-state index is 0.106. The summed E-state index contributed by atoms with van der Waals surface area (Å²) in [5, 5.41) is 22.5. The van der Waals surface area contributed by atoms with Crippen LogP contribution in [-0.2, 0) is 6.54 Å². The highest BCUT2D eigenvalue weighted by molar-refractivity contribution is 5.38. The minimum atomic E-state index is 0.106. The summed E-state index contributed by atoms with van der Waals surface area (Å²) < 4.78 is 0. The van der Waals surface area contributed by atoms with Crippen LogP contribution in [0.5, 0.6) is 11.5 Å². The van der Waals surface area contributed by atoms with Crippen LogP contribution >= 0.6 is 0 Å². The van der Waals surface area contributed by atoms with E-state index in [2.05, 4.69) is 17.1 Å². The number of nitrogens with one attached hydrogen (secondary N) is 1. The van der Waals surface area contributed by atoms with Gasteiger partial charge in [-0.1, -0.05) is 13.0 Å². The smallest absolute Gasteiger partial charge is 0.123 e. The molecule has 3 N–H and O–H groups in total. The number of aromatic hydroxyl groups is 2. The van der Waals surface area contributed by atoms with Gasteiger partial charge >= 0.3 is 0 Å². The number of piperidine rings is 1. The summed E-state index contributed by atoms with van der Waals surface area (Å²) in [6, 6.07) is 5.30. The molecule has 19 heavy (non-hydrogen) atoms. The molecule has 1 fully saturated rings. The summed E-state index contributed by atoms with van der Waals surface area (Å²) in [6.45, 7) is 6.40. The van der Waals surface area contributed by atoms with Crippen LogP contribution in [0.3, 0.4) is 0 Å². The molecule has 106 valence electrons. The third-order valence-electron chi connectivity index (χ3n) is 3.78. The lowest BCUT2D eigenvalue weighted by Gasteiger charge is -2.32. The molecular weight excluding hydrogens is 240 g/mol. The van der Waals surface area contributed by atoms with Gasteiger partial charge in [-0.3, -0.25) is 0 Å². The molecule has 1 aromatic carbocycles. The SMILES string of the molecule is CCCN1CCC(NCc2ccc(O)cc2O)CC1. The van der Waals surface area contributed by atoms with Gasteiger partial charge in [-0.15, -0.1) is 0 Å². The first-order chi connectivity index (χ1) is 9.19. The number of phenolic OH excluding ortho intramolecular Hbond substituents is 2. The lowest BCUT2D eigenvalue weighted by atomic mass is 10.0. The van der Waals surface area contributed by atoms with Crippen molar-refractivity contribution >= 4 is 0 Å². The second kappa shape index (κ2) is 6.78. The van der Waals surface area contributed by atoms with Crippen molar-refractivity contribution in [2.24, 2.45) is 0 Å². The number of hydrogen-bond donors (Lipinski definition) is 3. The van der Waals surface area contributed by atoms with E-state index in [4.69, 9.17) is 0 Å². The number of benzene rings is 1. The maximum Gasteiger partial charge on any atom is 0.123 e. The molecule has 0 radical (unpaired) electrons. The summed E-state index contributed by atoms with van der Waals surface area (Å²) in [4.78, 5) is 2.51. The first-order valence-corrected chi connectivity index (χ1v) is 7.15. The topological polar surface area (TPSA) is 55.7 Å². The molecule has 0 unspecified atom stereocenters. The van der Waals surface area contributed by atoms with Crippen LogP contribution in [0, 0.1) is 0 Å². The van der Waals surface area contributed by atoms with Crippen molar-refractivity contribution in [3.05, 3.63) is 23.8 Å². The number of hydrogen-bond acceptors (Lipinski definition) is 4. The third-order valence-corrected chi connectivity index (χ3v) is 3.78. The van der Waals surface area contributed by atoms with Crippen molar-refractivity contribution < 1.29 is 10.2 Å². The molecule has 0 amide bonds. The Kier molecular flexibility index (Phi) is 5.05. The fourth-order valence-electron chi connectivity index (χ4n) is 2.63. The zero-order valence-corrected chi connectivity index (χ0v) is 11.6. The number of likely N-dealkylation sites (tertiary alicyclic amines) is 1. The molecule has 1 aromatic rings. The molecule has 0 bridgehead atoms. The van der Waals surface area contributed by atoms with E-state index >= 15 is 0 Å². The highest BCUT2D eigenvalue weighted by atomic mass is 16.3. The fraction of sp³-hybridized carbons (Fsp3) is 0.600. The van der Waals surface area contributed by atoms with Crippen LogP contribution < -0.4 is 5.32 Å². The first-order valence-electron chi connectivity index (χ1n) is 7.15. The molecule has 0 aromatic heterocycles. The molecule has 0 saturated carbocycles. The predicted octanol–water partition coefficient (Wildman–Crippen LogP) is 2.06. The maximum atomic E-state index is 9.72. The van der Waals surface area contributed by atoms with Crippen molar-refractivity contribution in [2.75, 3.05) is 19.6 Å². The van der Waals surface area contributed by atoms with E-state index < -0.39 is 0 Å². The Morgan fingerprint density at radius 1 is 1.26 bits per heavy atom. The van der Waals surface area contributed by atoms with Crippen LogP contribution in [0.4, 0.5) is 0 Å². The largest absolute Gasteiger partial charge is 0.508 e. The van der Waals surface area contributed by atoms with E-state index in [-0.39, 0.29) is 11.5 Å². The van der Waals surface area contributed by atoms with Gasteiger partial charge in [-0.05, 0) is 45.0 Å². The van der Waals surface area contributed by atoms with E-state index in [1.165, 1.54) is 31.9 Å². The summed E-state index contributed by atoms with van der Waals surface area (Å²) >= 11 is 0. The van der Waals surface area contributed by atoms with Crippen LogP contribution in [0.1, 0.15) is 31.7 Å². The van der Waals surface area contributed by atoms with Gasteiger partial charge in [0.15, 0.2) is 0 Å². The van der Waals surface area contributed by atoms with Gasteiger partial charge in [0, 0.05) is 24.2 Å². The van der Waals surface area contributed by atoms with Crippen molar-refractivity contribution in [1.82, 2.24) is 10.2 Å². The van der Waals surface area contributed by atoms with Gasteiger partial charge in [-0.2, -0.15) is 0 Å². The molecule has 4 heteroatoms.